The summed E-state index contributed by atoms with van der Waals surface area (Å²) >= 11 is 1.03. The second-order valence-electron chi connectivity index (χ2n) is 5.56. The van der Waals surface area contributed by atoms with Crippen LogP contribution in [0.15, 0.2) is 47.6 Å². The molecule has 0 saturated heterocycles. The minimum absolute atomic E-state index is 0.132. The number of nitrogen functional groups attached to an aromatic ring is 1. The highest BCUT2D eigenvalue weighted by molar-refractivity contribution is 8.00. The molecule has 1 unspecified atom stereocenters. The number of aromatic nitrogens is 3. The first kappa shape index (κ1) is 18.8. The van der Waals surface area contributed by atoms with Crippen molar-refractivity contribution in [1.82, 2.24) is 14.9 Å². The molecule has 27 heavy (non-hydrogen) atoms. The van der Waals surface area contributed by atoms with Gasteiger partial charge in [-0.15, -0.1) is 10.2 Å². The van der Waals surface area contributed by atoms with Crippen LogP contribution >= 0.6 is 11.8 Å². The second kappa shape index (κ2) is 7.70. The van der Waals surface area contributed by atoms with Crippen LogP contribution in [0.1, 0.15) is 6.92 Å². The van der Waals surface area contributed by atoms with E-state index in [1.54, 1.807) is 6.92 Å². The molecular formula is C17H14F3N5OS. The largest absolute Gasteiger partial charge is 0.335 e. The van der Waals surface area contributed by atoms with Crippen LogP contribution in [0.25, 0.3) is 11.4 Å². The average Bonchev–Trinajstić information content (AvgIpc) is 2.99. The highest BCUT2D eigenvalue weighted by Crippen LogP contribution is 2.25. The molecule has 6 nitrogen and oxygen atoms in total. The highest BCUT2D eigenvalue weighted by atomic mass is 32.2. The molecule has 1 aromatic heterocycles. The van der Waals surface area contributed by atoms with E-state index >= 15 is 0 Å². The van der Waals surface area contributed by atoms with Gasteiger partial charge in [-0.1, -0.05) is 11.8 Å². The molecule has 1 heterocycles. The van der Waals surface area contributed by atoms with Crippen LogP contribution in [-0.4, -0.2) is 26.0 Å². The van der Waals surface area contributed by atoms with Crippen molar-refractivity contribution in [3.8, 4) is 11.4 Å². The van der Waals surface area contributed by atoms with Gasteiger partial charge >= 0.3 is 0 Å². The van der Waals surface area contributed by atoms with Crippen molar-refractivity contribution in [3.05, 3.63) is 59.9 Å². The highest BCUT2D eigenvalue weighted by Gasteiger charge is 2.20. The first-order valence-electron chi connectivity index (χ1n) is 7.74. The molecule has 2 aromatic carbocycles. The second-order valence-corrected chi connectivity index (χ2v) is 6.87. The van der Waals surface area contributed by atoms with E-state index in [0.29, 0.717) is 11.4 Å². The van der Waals surface area contributed by atoms with Crippen LogP contribution in [0.4, 0.5) is 18.9 Å². The summed E-state index contributed by atoms with van der Waals surface area (Å²) in [4.78, 5) is 12.3. The van der Waals surface area contributed by atoms with E-state index in [2.05, 4.69) is 15.5 Å². The summed E-state index contributed by atoms with van der Waals surface area (Å²) in [7, 11) is 0. The molecule has 3 aromatic rings. The Bertz CT molecular complexity index is 977. The lowest BCUT2D eigenvalue weighted by molar-refractivity contribution is -0.115. The number of nitrogens with one attached hydrogen (secondary N) is 1. The molecule has 1 amide bonds. The molecule has 3 rings (SSSR count). The molecule has 10 heteroatoms. The Kier molecular flexibility index (Phi) is 5.36. The maximum absolute atomic E-state index is 13.2. The van der Waals surface area contributed by atoms with Gasteiger partial charge < -0.3 is 11.2 Å². The monoisotopic (exact) mass is 393 g/mol. The summed E-state index contributed by atoms with van der Waals surface area (Å²) in [5.41, 5.74) is 0.699. The van der Waals surface area contributed by atoms with Crippen molar-refractivity contribution in [3.63, 3.8) is 0 Å². The van der Waals surface area contributed by atoms with E-state index in [1.165, 1.54) is 35.0 Å². The number of amides is 1. The SMILES string of the molecule is CC(Sc1nnc(-c2ccc(F)cc2)n1N)C(=O)Nc1ccc(F)c(F)c1. The zero-order chi connectivity index (χ0) is 19.6. The number of carbonyl (C=O) groups excluding carboxylic acids is 1. The third-order valence-corrected chi connectivity index (χ3v) is 4.66. The predicted molar refractivity (Wildman–Crippen MR) is 95.9 cm³/mol. The summed E-state index contributed by atoms with van der Waals surface area (Å²) in [6.45, 7) is 1.60. The van der Waals surface area contributed by atoms with Gasteiger partial charge in [-0.3, -0.25) is 4.79 Å². The Morgan fingerprint density at radius 1 is 1.11 bits per heavy atom. The van der Waals surface area contributed by atoms with Crippen molar-refractivity contribution in [2.45, 2.75) is 17.3 Å². The number of hydrogen-bond acceptors (Lipinski definition) is 5. The molecule has 0 aliphatic carbocycles. The van der Waals surface area contributed by atoms with Crippen LogP contribution in [0, 0.1) is 17.5 Å². The van der Waals surface area contributed by atoms with Gasteiger partial charge in [-0.25, -0.2) is 17.8 Å². The van der Waals surface area contributed by atoms with Gasteiger partial charge in [-0.05, 0) is 43.3 Å². The Morgan fingerprint density at radius 3 is 2.48 bits per heavy atom. The fourth-order valence-electron chi connectivity index (χ4n) is 2.18. The minimum atomic E-state index is -1.06. The summed E-state index contributed by atoms with van der Waals surface area (Å²) < 4.78 is 40.4. The van der Waals surface area contributed by atoms with Crippen LogP contribution in [0.2, 0.25) is 0 Å². The Balaban J connectivity index is 1.70. The lowest BCUT2D eigenvalue weighted by atomic mass is 10.2. The fourth-order valence-corrected chi connectivity index (χ4v) is 2.95. The molecule has 0 aliphatic rings. The number of nitrogens with two attached hydrogens (primary N) is 1. The van der Waals surface area contributed by atoms with Crippen molar-refractivity contribution >= 4 is 23.4 Å². The molecule has 0 bridgehead atoms. The molecule has 0 saturated carbocycles. The number of hydrogen-bond donors (Lipinski definition) is 2. The number of halogens is 3. The number of rotatable bonds is 5. The van der Waals surface area contributed by atoms with Gasteiger partial charge in [0.25, 0.3) is 0 Å². The van der Waals surface area contributed by atoms with Crippen molar-refractivity contribution in [1.29, 1.82) is 0 Å². The summed E-state index contributed by atoms with van der Waals surface area (Å²) in [5.74, 6) is 3.38. The third-order valence-electron chi connectivity index (χ3n) is 3.61. The minimum Gasteiger partial charge on any atom is -0.335 e. The van der Waals surface area contributed by atoms with Crippen LogP contribution in [-0.2, 0) is 4.79 Å². The van der Waals surface area contributed by atoms with Gasteiger partial charge in [0.15, 0.2) is 17.5 Å². The third kappa shape index (κ3) is 4.22. The maximum Gasteiger partial charge on any atom is 0.237 e. The number of carbonyl (C=O) groups is 1. The van der Waals surface area contributed by atoms with Crippen molar-refractivity contribution < 1.29 is 18.0 Å². The Hall–Kier alpha value is -3.01. The summed E-state index contributed by atoms with van der Waals surface area (Å²) in [6, 6.07) is 8.64. The maximum atomic E-state index is 13.2. The molecule has 0 fully saturated rings. The van der Waals surface area contributed by atoms with Crippen LogP contribution in [0.3, 0.4) is 0 Å². The van der Waals surface area contributed by atoms with Gasteiger partial charge in [-0.2, -0.15) is 0 Å². The number of thioether (sulfide) groups is 1. The van der Waals surface area contributed by atoms with Crippen molar-refractivity contribution in [2.75, 3.05) is 11.2 Å². The van der Waals surface area contributed by atoms with E-state index in [9.17, 15) is 18.0 Å². The predicted octanol–water partition coefficient (Wildman–Crippen LogP) is 3.20. The number of nitrogens with zero attached hydrogens (tertiary/aromatic N) is 3. The van der Waals surface area contributed by atoms with E-state index in [0.717, 1.165) is 23.9 Å². The molecule has 0 radical (unpaired) electrons. The molecular weight excluding hydrogens is 379 g/mol. The van der Waals surface area contributed by atoms with Gasteiger partial charge in [0.2, 0.25) is 11.1 Å². The van der Waals surface area contributed by atoms with E-state index in [1.807, 2.05) is 0 Å². The van der Waals surface area contributed by atoms with E-state index < -0.39 is 22.8 Å². The zero-order valence-corrected chi connectivity index (χ0v) is 14.8. The molecule has 140 valence electrons. The number of anilines is 1. The average molecular weight is 393 g/mol. The quantitative estimate of drug-likeness (QED) is 0.514. The normalized spacial score (nSPS) is 12.0. The topological polar surface area (TPSA) is 85.8 Å². The molecule has 0 spiro atoms. The first-order chi connectivity index (χ1) is 12.8. The Morgan fingerprint density at radius 2 is 1.81 bits per heavy atom. The van der Waals surface area contributed by atoms with Gasteiger partial charge in [0.05, 0.1) is 5.25 Å². The molecule has 3 N–H and O–H groups in total. The first-order valence-corrected chi connectivity index (χ1v) is 8.62. The van der Waals surface area contributed by atoms with Gasteiger partial charge in [0, 0.05) is 17.3 Å². The standard InChI is InChI=1S/C17H14F3N5OS/c1-9(16(26)22-12-6-7-13(19)14(20)8-12)27-17-24-23-15(25(17)21)10-2-4-11(18)5-3-10/h2-9H,21H2,1H3,(H,22,26). The zero-order valence-electron chi connectivity index (χ0n) is 14.0. The molecule has 0 aliphatic heterocycles. The van der Waals surface area contributed by atoms with E-state index in [-0.39, 0.29) is 16.7 Å². The Labute approximate surface area is 156 Å². The van der Waals surface area contributed by atoms with Crippen molar-refractivity contribution in [2.24, 2.45) is 0 Å². The fraction of sp³-hybridized carbons (Fsp3) is 0.118. The summed E-state index contributed by atoms with van der Waals surface area (Å²) in [5, 5.41) is 10.00. The van der Waals surface area contributed by atoms with Crippen LogP contribution < -0.4 is 11.2 Å². The lowest BCUT2D eigenvalue weighted by Crippen LogP contribution is -2.23. The van der Waals surface area contributed by atoms with Gasteiger partial charge in [0.1, 0.15) is 5.82 Å². The summed E-state index contributed by atoms with van der Waals surface area (Å²) in [6.07, 6.45) is 0. The van der Waals surface area contributed by atoms with E-state index in [4.69, 9.17) is 5.84 Å². The smallest absolute Gasteiger partial charge is 0.237 e. The molecule has 1 atom stereocenters. The number of benzene rings is 2. The lowest BCUT2D eigenvalue weighted by Gasteiger charge is -2.11. The van der Waals surface area contributed by atoms with Crippen LogP contribution in [0.5, 0.6) is 0 Å².